The van der Waals surface area contributed by atoms with Gasteiger partial charge in [0.2, 0.25) is 0 Å². The molecule has 0 aliphatic heterocycles. The van der Waals surface area contributed by atoms with E-state index >= 15 is 0 Å². The first kappa shape index (κ1) is 27.2. The summed E-state index contributed by atoms with van der Waals surface area (Å²) in [5, 5.41) is 12.4. The van der Waals surface area contributed by atoms with Gasteiger partial charge in [-0.05, 0) is 42.2 Å². The molecule has 11 heteroatoms. The lowest BCUT2D eigenvalue weighted by atomic mass is 10.1. The van der Waals surface area contributed by atoms with Gasteiger partial charge in [-0.3, -0.25) is 4.21 Å². The van der Waals surface area contributed by atoms with Gasteiger partial charge >= 0.3 is 0 Å². The molecular weight excluding hydrogens is 575 g/mol. The molecule has 0 spiro atoms. The van der Waals surface area contributed by atoms with Crippen molar-refractivity contribution in [3.05, 3.63) is 94.6 Å². The molecular formula is C28H22Cl2N4O3S2. The lowest BCUT2D eigenvalue weighted by Crippen LogP contribution is -2.01. The number of aromatic nitrogens is 4. The molecule has 1 N–H and O–H groups in total. The van der Waals surface area contributed by atoms with Crippen LogP contribution in [0.3, 0.4) is 0 Å². The van der Waals surface area contributed by atoms with Gasteiger partial charge in [0.25, 0.3) is 0 Å². The van der Waals surface area contributed by atoms with Gasteiger partial charge in [-0.15, -0.1) is 0 Å². The summed E-state index contributed by atoms with van der Waals surface area (Å²) in [6.07, 6.45) is 5.03. The summed E-state index contributed by atoms with van der Waals surface area (Å²) in [7, 11) is -1.29. The molecule has 0 radical (unpaired) electrons. The van der Waals surface area contributed by atoms with Gasteiger partial charge in [-0.1, -0.05) is 77.4 Å². The highest BCUT2D eigenvalue weighted by Gasteiger charge is 2.26. The molecule has 0 fully saturated rings. The third kappa shape index (κ3) is 5.81. The Hall–Kier alpha value is -3.37. The van der Waals surface area contributed by atoms with Crippen LogP contribution in [-0.4, -0.2) is 41.6 Å². The van der Waals surface area contributed by atoms with Gasteiger partial charge in [0.1, 0.15) is 23.7 Å². The summed E-state index contributed by atoms with van der Waals surface area (Å²) in [5.41, 5.74) is 3.26. The van der Waals surface area contributed by atoms with Gasteiger partial charge in [-0.2, -0.15) is 4.73 Å². The number of imidazole rings is 1. The van der Waals surface area contributed by atoms with E-state index in [-0.39, 0.29) is 15.9 Å². The van der Waals surface area contributed by atoms with Crippen LogP contribution in [0.4, 0.5) is 0 Å². The summed E-state index contributed by atoms with van der Waals surface area (Å²) < 4.78 is 19.0. The second kappa shape index (κ2) is 11.8. The Labute approximate surface area is 242 Å². The van der Waals surface area contributed by atoms with E-state index in [4.69, 9.17) is 32.9 Å². The van der Waals surface area contributed by atoms with Gasteiger partial charge in [0.05, 0.1) is 21.3 Å². The number of nitrogens with zero attached hydrogens (tertiary/aromatic N) is 4. The Balaban J connectivity index is 1.65. The minimum atomic E-state index is -1.29. The van der Waals surface area contributed by atoms with Gasteiger partial charge in [0.15, 0.2) is 11.0 Å². The molecule has 0 saturated carbocycles. The zero-order valence-corrected chi connectivity index (χ0v) is 24.0. The van der Waals surface area contributed by atoms with E-state index in [2.05, 4.69) is 9.97 Å². The number of ether oxygens (including phenoxy) is 1. The van der Waals surface area contributed by atoms with Crippen LogP contribution >= 0.6 is 35.0 Å². The molecule has 5 aromatic rings. The van der Waals surface area contributed by atoms with Crippen molar-refractivity contribution in [1.29, 1.82) is 0 Å². The number of hydrogen-bond donors (Lipinski definition) is 1. The van der Waals surface area contributed by atoms with Crippen molar-refractivity contribution in [2.45, 2.75) is 16.7 Å². The number of benzene rings is 3. The average Bonchev–Trinajstić information content (AvgIpc) is 3.28. The molecule has 0 bridgehead atoms. The van der Waals surface area contributed by atoms with E-state index in [9.17, 15) is 9.42 Å². The lowest BCUT2D eigenvalue weighted by Gasteiger charge is -2.10. The van der Waals surface area contributed by atoms with Crippen LogP contribution in [0.2, 0.25) is 10.0 Å². The maximum Gasteiger partial charge on any atom is 0.187 e. The van der Waals surface area contributed by atoms with Crippen molar-refractivity contribution >= 4 is 45.8 Å². The van der Waals surface area contributed by atoms with Crippen molar-refractivity contribution in [1.82, 2.24) is 19.7 Å². The van der Waals surface area contributed by atoms with Crippen LogP contribution in [0.5, 0.6) is 5.75 Å². The predicted molar refractivity (Wildman–Crippen MR) is 156 cm³/mol. The van der Waals surface area contributed by atoms with Crippen LogP contribution in [0.25, 0.3) is 34.0 Å². The van der Waals surface area contributed by atoms with E-state index in [1.165, 1.54) is 18.0 Å². The summed E-state index contributed by atoms with van der Waals surface area (Å²) in [5.74, 6) is 0.748. The normalized spacial score (nSPS) is 11.9. The topological polar surface area (TPSA) is 90.1 Å². The molecule has 7 nitrogen and oxygen atoms in total. The Morgan fingerprint density at radius 1 is 1.00 bits per heavy atom. The van der Waals surface area contributed by atoms with E-state index in [0.29, 0.717) is 50.6 Å². The minimum absolute atomic E-state index is 0.114. The summed E-state index contributed by atoms with van der Waals surface area (Å²) >= 11 is 14.5. The Kier molecular flexibility index (Phi) is 8.23. The second-order valence-electron chi connectivity index (χ2n) is 8.39. The predicted octanol–water partition coefficient (Wildman–Crippen LogP) is 7.26. The molecule has 0 saturated heterocycles. The second-order valence-corrected chi connectivity index (χ2v) is 11.4. The molecule has 0 aliphatic carbocycles. The van der Waals surface area contributed by atoms with E-state index in [1.54, 1.807) is 24.4 Å². The van der Waals surface area contributed by atoms with Crippen LogP contribution in [-0.2, 0) is 17.4 Å². The highest BCUT2D eigenvalue weighted by Crippen LogP contribution is 2.41. The van der Waals surface area contributed by atoms with Crippen LogP contribution < -0.4 is 4.74 Å². The fourth-order valence-electron chi connectivity index (χ4n) is 3.98. The van der Waals surface area contributed by atoms with E-state index < -0.39 is 10.8 Å². The smallest absolute Gasteiger partial charge is 0.187 e. The molecule has 0 amide bonds. The van der Waals surface area contributed by atoms with Crippen molar-refractivity contribution in [3.8, 4) is 39.8 Å². The molecule has 198 valence electrons. The first-order valence-electron chi connectivity index (χ1n) is 11.6. The van der Waals surface area contributed by atoms with Crippen LogP contribution in [0.15, 0.2) is 89.0 Å². The Bertz CT molecular complexity index is 1660. The van der Waals surface area contributed by atoms with E-state index in [1.807, 2.05) is 60.9 Å². The summed E-state index contributed by atoms with van der Waals surface area (Å²) in [4.78, 5) is 14.1. The molecule has 2 aromatic heterocycles. The molecule has 0 aliphatic rings. The molecule has 2 heterocycles. The molecule has 39 heavy (non-hydrogen) atoms. The Morgan fingerprint density at radius 2 is 1.74 bits per heavy atom. The van der Waals surface area contributed by atoms with Gasteiger partial charge < -0.3 is 9.94 Å². The largest absolute Gasteiger partial charge is 0.489 e. The monoisotopic (exact) mass is 596 g/mol. The fraction of sp³-hybridized carbons (Fsp3) is 0.107. The summed E-state index contributed by atoms with van der Waals surface area (Å²) in [6, 6.07) is 22.1. The number of thioether (sulfide) groups is 1. The molecule has 5 rings (SSSR count). The molecule has 1 atom stereocenters. The maximum absolute atomic E-state index is 12.0. The van der Waals surface area contributed by atoms with Crippen molar-refractivity contribution in [2.75, 3.05) is 12.5 Å². The standard InChI is InChI=1S/C28H22Cl2N4O3S2/c1-38-28-31-12-11-23(32-28)26-25(18-9-6-10-19(13-18)37-16-17-7-4-3-5-8-17)33-27(34(26)35)24-21(29)14-20(39(2)36)15-22(24)30/h3-15,35H,16H2,1-2H3. The number of hydrogen-bond acceptors (Lipinski definition) is 7. The average molecular weight is 598 g/mol. The SMILES string of the molecule is CSc1nccc(-c2c(-c3cccc(OCc4ccccc4)c3)nc(-c3c(Cl)cc(S(C)=O)cc3Cl)n2O)n1. The summed E-state index contributed by atoms with van der Waals surface area (Å²) in [6.45, 7) is 0.399. The van der Waals surface area contributed by atoms with Crippen LogP contribution in [0.1, 0.15) is 5.56 Å². The highest BCUT2D eigenvalue weighted by molar-refractivity contribution is 7.98. The lowest BCUT2D eigenvalue weighted by molar-refractivity contribution is 0.195. The first-order chi connectivity index (χ1) is 18.9. The van der Waals surface area contributed by atoms with Crippen molar-refractivity contribution in [2.24, 2.45) is 0 Å². The number of rotatable bonds is 8. The first-order valence-corrected chi connectivity index (χ1v) is 15.2. The van der Waals surface area contributed by atoms with Crippen LogP contribution in [0, 0.1) is 0 Å². The van der Waals surface area contributed by atoms with E-state index in [0.717, 1.165) is 10.3 Å². The highest BCUT2D eigenvalue weighted by atomic mass is 35.5. The van der Waals surface area contributed by atoms with Gasteiger partial charge in [0, 0.05) is 33.7 Å². The minimum Gasteiger partial charge on any atom is -0.489 e. The third-order valence-electron chi connectivity index (χ3n) is 5.84. The molecule has 1 unspecified atom stereocenters. The maximum atomic E-state index is 12.0. The number of halogens is 2. The van der Waals surface area contributed by atoms with Crippen molar-refractivity contribution in [3.63, 3.8) is 0 Å². The zero-order valence-electron chi connectivity index (χ0n) is 20.8. The zero-order chi connectivity index (χ0) is 27.5. The fourth-order valence-corrected chi connectivity index (χ4v) is 5.69. The van der Waals surface area contributed by atoms with Crippen molar-refractivity contribution < 1.29 is 14.2 Å². The quantitative estimate of drug-likeness (QED) is 0.114. The third-order valence-corrected chi connectivity index (χ3v) is 7.90. The van der Waals surface area contributed by atoms with Gasteiger partial charge in [-0.25, -0.2) is 15.0 Å². The molecule has 3 aromatic carbocycles. The Morgan fingerprint density at radius 3 is 2.44 bits per heavy atom.